The summed E-state index contributed by atoms with van der Waals surface area (Å²) in [6.45, 7) is 2.44. The highest BCUT2D eigenvalue weighted by Gasteiger charge is 2.17. The van der Waals surface area contributed by atoms with Crippen LogP contribution in [0.25, 0.3) is 0 Å². The first-order chi connectivity index (χ1) is 7.77. The standard InChI is InChI=1S/C12H17FN2O/c1-15(8-10-4-3-7-16-9-10)12-11(13)5-2-6-14-12/h2,5-6,10H,3-4,7-9H2,1H3/t10-/m0/s1. The number of halogens is 1. The predicted molar refractivity (Wildman–Crippen MR) is 61.0 cm³/mol. The Hall–Kier alpha value is -1.16. The van der Waals surface area contributed by atoms with Crippen LogP contribution in [0.15, 0.2) is 18.3 Å². The first kappa shape index (κ1) is 11.3. The molecule has 0 radical (unpaired) electrons. The molecule has 1 fully saturated rings. The van der Waals surface area contributed by atoms with Gasteiger partial charge in [-0.1, -0.05) is 0 Å². The fraction of sp³-hybridized carbons (Fsp3) is 0.583. The van der Waals surface area contributed by atoms with Crippen molar-refractivity contribution in [2.24, 2.45) is 5.92 Å². The van der Waals surface area contributed by atoms with Crippen LogP contribution in [0.3, 0.4) is 0 Å². The monoisotopic (exact) mass is 224 g/mol. The van der Waals surface area contributed by atoms with Gasteiger partial charge in [-0.2, -0.15) is 0 Å². The highest BCUT2D eigenvalue weighted by molar-refractivity contribution is 5.38. The number of aromatic nitrogens is 1. The van der Waals surface area contributed by atoms with Gasteiger partial charge in [-0.05, 0) is 30.9 Å². The summed E-state index contributed by atoms with van der Waals surface area (Å²) in [5, 5.41) is 0. The maximum absolute atomic E-state index is 13.5. The summed E-state index contributed by atoms with van der Waals surface area (Å²) in [6.07, 6.45) is 3.87. The van der Waals surface area contributed by atoms with Gasteiger partial charge in [0.1, 0.15) is 0 Å². The summed E-state index contributed by atoms with van der Waals surface area (Å²) in [5.74, 6) is 0.648. The summed E-state index contributed by atoms with van der Waals surface area (Å²) in [5.41, 5.74) is 0. The molecule has 0 N–H and O–H groups in total. The molecule has 88 valence electrons. The number of anilines is 1. The maximum Gasteiger partial charge on any atom is 0.165 e. The molecule has 1 atom stereocenters. The van der Waals surface area contributed by atoms with Crippen LogP contribution in [0.1, 0.15) is 12.8 Å². The van der Waals surface area contributed by atoms with Gasteiger partial charge in [0.15, 0.2) is 11.6 Å². The Bertz CT molecular complexity index is 340. The molecule has 2 heterocycles. The van der Waals surface area contributed by atoms with Crippen LogP contribution in [-0.2, 0) is 4.74 Å². The van der Waals surface area contributed by atoms with Crippen molar-refractivity contribution >= 4 is 5.82 Å². The summed E-state index contributed by atoms with van der Waals surface area (Å²) in [6, 6.07) is 3.05. The topological polar surface area (TPSA) is 25.4 Å². The van der Waals surface area contributed by atoms with Gasteiger partial charge in [0.2, 0.25) is 0 Å². The first-order valence-electron chi connectivity index (χ1n) is 5.67. The van der Waals surface area contributed by atoms with Gasteiger partial charge in [0.25, 0.3) is 0 Å². The third kappa shape index (κ3) is 2.70. The number of ether oxygens (including phenoxy) is 1. The second-order valence-electron chi connectivity index (χ2n) is 4.27. The molecule has 16 heavy (non-hydrogen) atoms. The minimum atomic E-state index is -0.262. The Kier molecular flexibility index (Phi) is 3.72. The normalized spacial score (nSPS) is 20.8. The van der Waals surface area contributed by atoms with Crippen molar-refractivity contribution < 1.29 is 9.13 Å². The molecule has 3 nitrogen and oxygen atoms in total. The van der Waals surface area contributed by atoms with Gasteiger partial charge in [0.05, 0.1) is 6.61 Å². The van der Waals surface area contributed by atoms with Crippen molar-refractivity contribution in [2.45, 2.75) is 12.8 Å². The summed E-state index contributed by atoms with van der Waals surface area (Å²) in [7, 11) is 1.88. The van der Waals surface area contributed by atoms with Gasteiger partial charge in [-0.3, -0.25) is 0 Å². The Morgan fingerprint density at radius 1 is 1.62 bits per heavy atom. The fourth-order valence-electron chi connectivity index (χ4n) is 2.08. The average Bonchev–Trinajstić information content (AvgIpc) is 2.31. The van der Waals surface area contributed by atoms with E-state index in [2.05, 4.69) is 4.98 Å². The van der Waals surface area contributed by atoms with Crippen molar-refractivity contribution in [2.75, 3.05) is 31.7 Å². The Labute approximate surface area is 95.2 Å². The first-order valence-corrected chi connectivity index (χ1v) is 5.67. The van der Waals surface area contributed by atoms with E-state index in [1.165, 1.54) is 6.07 Å². The van der Waals surface area contributed by atoms with Crippen molar-refractivity contribution in [3.8, 4) is 0 Å². The summed E-state index contributed by atoms with van der Waals surface area (Å²) < 4.78 is 18.9. The van der Waals surface area contributed by atoms with Crippen LogP contribution < -0.4 is 4.90 Å². The lowest BCUT2D eigenvalue weighted by Crippen LogP contribution is -2.31. The zero-order valence-electron chi connectivity index (χ0n) is 9.53. The molecule has 1 aliphatic rings. The molecule has 2 rings (SSSR count). The van der Waals surface area contributed by atoms with Crippen molar-refractivity contribution in [3.63, 3.8) is 0 Å². The van der Waals surface area contributed by atoms with E-state index in [-0.39, 0.29) is 5.82 Å². The number of nitrogens with zero attached hydrogens (tertiary/aromatic N) is 2. The Balaban J connectivity index is 1.96. The van der Waals surface area contributed by atoms with Gasteiger partial charge in [-0.25, -0.2) is 9.37 Å². The van der Waals surface area contributed by atoms with E-state index < -0.39 is 0 Å². The molecule has 1 aromatic heterocycles. The molecule has 0 spiro atoms. The second-order valence-corrected chi connectivity index (χ2v) is 4.27. The lowest BCUT2D eigenvalue weighted by atomic mass is 10.0. The van der Waals surface area contributed by atoms with Crippen LogP contribution in [0.4, 0.5) is 10.2 Å². The quantitative estimate of drug-likeness (QED) is 0.786. The van der Waals surface area contributed by atoms with Gasteiger partial charge < -0.3 is 9.64 Å². The second kappa shape index (κ2) is 5.25. The molecule has 0 aromatic carbocycles. The van der Waals surface area contributed by atoms with Gasteiger partial charge in [0, 0.05) is 26.4 Å². The van der Waals surface area contributed by atoms with E-state index in [1.807, 2.05) is 11.9 Å². The molecule has 0 unspecified atom stereocenters. The zero-order chi connectivity index (χ0) is 11.4. The van der Waals surface area contributed by atoms with Crippen molar-refractivity contribution in [1.29, 1.82) is 0 Å². The number of rotatable bonds is 3. The SMILES string of the molecule is CN(C[C@@H]1CCCOC1)c1ncccc1F. The third-order valence-electron chi connectivity index (χ3n) is 2.89. The van der Waals surface area contributed by atoms with Crippen molar-refractivity contribution in [1.82, 2.24) is 4.98 Å². The summed E-state index contributed by atoms with van der Waals surface area (Å²) >= 11 is 0. The number of pyridine rings is 1. The Morgan fingerprint density at radius 2 is 2.50 bits per heavy atom. The smallest absolute Gasteiger partial charge is 0.165 e. The molecule has 0 saturated carbocycles. The lowest BCUT2D eigenvalue weighted by Gasteiger charge is -2.27. The molecular weight excluding hydrogens is 207 g/mol. The molecular formula is C12H17FN2O. The fourth-order valence-corrected chi connectivity index (χ4v) is 2.08. The highest BCUT2D eigenvalue weighted by atomic mass is 19.1. The molecule has 0 aliphatic carbocycles. The lowest BCUT2D eigenvalue weighted by molar-refractivity contribution is 0.0575. The van der Waals surface area contributed by atoms with Gasteiger partial charge in [-0.15, -0.1) is 0 Å². The number of hydrogen-bond donors (Lipinski definition) is 0. The molecule has 0 amide bonds. The molecule has 0 bridgehead atoms. The highest BCUT2D eigenvalue weighted by Crippen LogP contribution is 2.19. The minimum absolute atomic E-state index is 0.262. The van der Waals surface area contributed by atoms with Crippen LogP contribution in [-0.4, -0.2) is 31.8 Å². The molecule has 1 saturated heterocycles. The Morgan fingerprint density at radius 3 is 3.19 bits per heavy atom. The molecule has 4 heteroatoms. The van der Waals surface area contributed by atoms with E-state index >= 15 is 0 Å². The van der Waals surface area contributed by atoms with E-state index in [4.69, 9.17) is 4.74 Å². The van der Waals surface area contributed by atoms with Crippen LogP contribution in [0.5, 0.6) is 0 Å². The molecule has 1 aromatic rings. The van der Waals surface area contributed by atoms with E-state index in [0.717, 1.165) is 32.6 Å². The van der Waals surface area contributed by atoms with Crippen LogP contribution in [0.2, 0.25) is 0 Å². The predicted octanol–water partition coefficient (Wildman–Crippen LogP) is 2.08. The van der Waals surface area contributed by atoms with E-state index in [9.17, 15) is 4.39 Å². The third-order valence-corrected chi connectivity index (χ3v) is 2.89. The minimum Gasteiger partial charge on any atom is -0.381 e. The van der Waals surface area contributed by atoms with Crippen LogP contribution in [0, 0.1) is 11.7 Å². The zero-order valence-corrected chi connectivity index (χ0v) is 9.53. The van der Waals surface area contributed by atoms with E-state index in [1.54, 1.807) is 12.3 Å². The molecule has 1 aliphatic heterocycles. The van der Waals surface area contributed by atoms with Crippen molar-refractivity contribution in [3.05, 3.63) is 24.1 Å². The largest absolute Gasteiger partial charge is 0.381 e. The maximum atomic E-state index is 13.5. The van der Waals surface area contributed by atoms with Gasteiger partial charge >= 0.3 is 0 Å². The number of hydrogen-bond acceptors (Lipinski definition) is 3. The van der Waals surface area contributed by atoms with E-state index in [0.29, 0.717) is 11.7 Å². The summed E-state index contributed by atoms with van der Waals surface area (Å²) in [4.78, 5) is 5.92. The van der Waals surface area contributed by atoms with Crippen LogP contribution >= 0.6 is 0 Å². The average molecular weight is 224 g/mol.